The zero-order valence-corrected chi connectivity index (χ0v) is 16.7. The van der Waals surface area contributed by atoms with Crippen LogP contribution in [0.3, 0.4) is 0 Å². The summed E-state index contributed by atoms with van der Waals surface area (Å²) in [7, 11) is 0. The zero-order valence-electron chi connectivity index (χ0n) is 15.1. The first-order valence-electron chi connectivity index (χ1n) is 8.86. The van der Waals surface area contributed by atoms with Gasteiger partial charge < -0.3 is 15.0 Å². The summed E-state index contributed by atoms with van der Waals surface area (Å²) in [5.74, 6) is 0.666. The van der Waals surface area contributed by atoms with Gasteiger partial charge in [0.15, 0.2) is 0 Å². The summed E-state index contributed by atoms with van der Waals surface area (Å²) in [4.78, 5) is 19.9. The summed E-state index contributed by atoms with van der Waals surface area (Å²) in [5, 5.41) is 4.28. The van der Waals surface area contributed by atoms with Crippen LogP contribution in [0.4, 0.5) is 11.5 Å². The van der Waals surface area contributed by atoms with Gasteiger partial charge in [0.1, 0.15) is 10.7 Å². The molecule has 1 aromatic carbocycles. The van der Waals surface area contributed by atoms with Crippen molar-refractivity contribution in [2.45, 2.75) is 26.1 Å². The second-order valence-corrected chi connectivity index (χ2v) is 8.19. The van der Waals surface area contributed by atoms with Gasteiger partial charge in [0.05, 0.1) is 29.1 Å². The molecule has 1 fully saturated rings. The van der Waals surface area contributed by atoms with Crippen LogP contribution in [0.25, 0.3) is 10.1 Å². The van der Waals surface area contributed by atoms with Gasteiger partial charge in [-0.25, -0.2) is 4.98 Å². The van der Waals surface area contributed by atoms with Crippen LogP contribution in [-0.2, 0) is 4.74 Å². The van der Waals surface area contributed by atoms with Crippen LogP contribution in [-0.4, -0.2) is 36.2 Å². The topological polar surface area (TPSA) is 54.5 Å². The number of nitrogens with one attached hydrogen (secondary N) is 1. The van der Waals surface area contributed by atoms with Crippen molar-refractivity contribution in [2.24, 2.45) is 0 Å². The zero-order chi connectivity index (χ0) is 19.0. The lowest BCUT2D eigenvalue weighted by molar-refractivity contribution is -0.00545. The molecule has 0 radical (unpaired) electrons. The number of carbonyl (C=O) groups excluding carboxylic acids is 1. The van der Waals surface area contributed by atoms with Crippen molar-refractivity contribution < 1.29 is 9.53 Å². The number of halogens is 1. The molecule has 0 aliphatic carbocycles. The monoisotopic (exact) mass is 401 g/mol. The maximum absolute atomic E-state index is 12.6. The number of aromatic nitrogens is 1. The van der Waals surface area contributed by atoms with Gasteiger partial charge in [0, 0.05) is 23.2 Å². The smallest absolute Gasteiger partial charge is 0.267 e. The van der Waals surface area contributed by atoms with E-state index in [9.17, 15) is 4.79 Å². The first-order chi connectivity index (χ1) is 13.0. The van der Waals surface area contributed by atoms with Crippen LogP contribution in [0, 0.1) is 0 Å². The van der Waals surface area contributed by atoms with Crippen molar-refractivity contribution in [1.29, 1.82) is 0 Å². The lowest BCUT2D eigenvalue weighted by Crippen LogP contribution is -2.45. The minimum absolute atomic E-state index is 0.171. The summed E-state index contributed by atoms with van der Waals surface area (Å²) in [6, 6.07) is 11.5. The fraction of sp³-hybridized carbons (Fsp3) is 0.300. The summed E-state index contributed by atoms with van der Waals surface area (Å²) in [6.45, 7) is 5.73. The van der Waals surface area contributed by atoms with Crippen molar-refractivity contribution in [3.05, 3.63) is 52.5 Å². The number of fused-ring (bicyclic) bond motifs is 1. The Labute approximate surface area is 166 Å². The van der Waals surface area contributed by atoms with Crippen molar-refractivity contribution >= 4 is 50.4 Å². The average molecular weight is 402 g/mol. The summed E-state index contributed by atoms with van der Waals surface area (Å²) >= 11 is 7.78. The minimum Gasteiger partial charge on any atom is -0.372 e. The van der Waals surface area contributed by atoms with Crippen molar-refractivity contribution in [3.63, 3.8) is 0 Å². The first kappa shape index (κ1) is 18.2. The van der Waals surface area contributed by atoms with Gasteiger partial charge in [-0.05, 0) is 32.0 Å². The first-order valence-corrected chi connectivity index (χ1v) is 10.1. The molecule has 1 aliphatic rings. The predicted molar refractivity (Wildman–Crippen MR) is 111 cm³/mol. The van der Waals surface area contributed by atoms with E-state index in [0.29, 0.717) is 15.6 Å². The highest BCUT2D eigenvalue weighted by atomic mass is 35.5. The third-order valence-electron chi connectivity index (χ3n) is 4.49. The standard InChI is InChI=1S/C20H20ClN3O2S/c1-12-10-24(11-13(2)26-12)17-8-7-14(9-22-17)23-20(25)19-18(21)15-5-3-4-6-16(15)27-19/h3-9,12-13H,10-11H2,1-2H3,(H,23,25). The van der Waals surface area contributed by atoms with Crippen LogP contribution < -0.4 is 10.2 Å². The number of anilines is 2. The van der Waals surface area contributed by atoms with E-state index in [1.807, 2.05) is 36.4 Å². The number of pyridine rings is 1. The molecule has 3 heterocycles. The highest BCUT2D eigenvalue weighted by Gasteiger charge is 2.23. The van der Waals surface area contributed by atoms with Crippen LogP contribution in [0.15, 0.2) is 42.6 Å². The molecule has 7 heteroatoms. The molecule has 0 saturated carbocycles. The number of morpholine rings is 1. The molecule has 4 rings (SSSR count). The highest BCUT2D eigenvalue weighted by Crippen LogP contribution is 2.35. The second kappa shape index (κ2) is 7.46. The lowest BCUT2D eigenvalue weighted by atomic mass is 10.2. The summed E-state index contributed by atoms with van der Waals surface area (Å²) in [5.41, 5.74) is 0.645. The van der Waals surface area contributed by atoms with Gasteiger partial charge in [-0.1, -0.05) is 29.8 Å². The second-order valence-electron chi connectivity index (χ2n) is 6.76. The number of hydrogen-bond acceptors (Lipinski definition) is 5. The number of thiophene rings is 1. The molecule has 140 valence electrons. The van der Waals surface area contributed by atoms with Gasteiger partial charge in [0.2, 0.25) is 0 Å². The maximum Gasteiger partial charge on any atom is 0.267 e. The lowest BCUT2D eigenvalue weighted by Gasteiger charge is -2.36. The third-order valence-corrected chi connectivity index (χ3v) is 6.16. The van der Waals surface area contributed by atoms with E-state index in [4.69, 9.17) is 16.3 Å². The number of nitrogens with zero attached hydrogens (tertiary/aromatic N) is 2. The van der Waals surface area contributed by atoms with Crippen LogP contribution in [0.2, 0.25) is 5.02 Å². The molecule has 2 atom stereocenters. The summed E-state index contributed by atoms with van der Waals surface area (Å²) in [6.07, 6.45) is 2.02. The van der Waals surface area contributed by atoms with E-state index in [2.05, 4.69) is 29.0 Å². The maximum atomic E-state index is 12.6. The van der Waals surface area contributed by atoms with E-state index in [1.54, 1.807) is 6.20 Å². The quantitative estimate of drug-likeness (QED) is 0.683. The summed E-state index contributed by atoms with van der Waals surface area (Å²) < 4.78 is 6.76. The van der Waals surface area contributed by atoms with Gasteiger partial charge in [-0.2, -0.15) is 0 Å². The van der Waals surface area contributed by atoms with Gasteiger partial charge in [0.25, 0.3) is 5.91 Å². The van der Waals surface area contributed by atoms with Crippen molar-refractivity contribution in [1.82, 2.24) is 4.98 Å². The number of carbonyl (C=O) groups is 1. The normalized spacial score (nSPS) is 20.0. The van der Waals surface area contributed by atoms with Gasteiger partial charge >= 0.3 is 0 Å². The van der Waals surface area contributed by atoms with E-state index in [-0.39, 0.29) is 18.1 Å². The molecular weight excluding hydrogens is 382 g/mol. The molecule has 2 unspecified atom stereocenters. The van der Waals surface area contributed by atoms with E-state index in [0.717, 1.165) is 29.0 Å². The molecule has 1 amide bonds. The Bertz CT molecular complexity index is 963. The van der Waals surface area contributed by atoms with E-state index < -0.39 is 0 Å². The minimum atomic E-state index is -0.218. The van der Waals surface area contributed by atoms with Crippen molar-refractivity contribution in [3.8, 4) is 0 Å². The molecule has 1 aliphatic heterocycles. The SMILES string of the molecule is CC1CN(c2ccc(NC(=O)c3sc4ccccc4c3Cl)cn2)CC(C)O1. The van der Waals surface area contributed by atoms with Gasteiger partial charge in [-0.15, -0.1) is 11.3 Å². The molecule has 1 saturated heterocycles. The Morgan fingerprint density at radius 2 is 1.96 bits per heavy atom. The number of hydrogen-bond donors (Lipinski definition) is 1. The number of amides is 1. The van der Waals surface area contributed by atoms with Crippen molar-refractivity contribution in [2.75, 3.05) is 23.3 Å². The van der Waals surface area contributed by atoms with Crippen LogP contribution in [0.5, 0.6) is 0 Å². The largest absolute Gasteiger partial charge is 0.372 e. The molecule has 0 spiro atoms. The Morgan fingerprint density at radius 3 is 2.63 bits per heavy atom. The molecule has 2 aromatic heterocycles. The highest BCUT2D eigenvalue weighted by molar-refractivity contribution is 7.21. The molecular formula is C20H20ClN3O2S. The molecule has 1 N–H and O–H groups in total. The third kappa shape index (κ3) is 3.78. The fourth-order valence-corrected chi connectivity index (χ4v) is 4.77. The molecule has 3 aromatic rings. The van der Waals surface area contributed by atoms with Crippen LogP contribution in [0.1, 0.15) is 23.5 Å². The number of benzene rings is 1. The Morgan fingerprint density at radius 1 is 1.22 bits per heavy atom. The average Bonchev–Trinajstić information content (AvgIpc) is 2.99. The molecule has 0 bridgehead atoms. The number of ether oxygens (including phenoxy) is 1. The van der Waals surface area contributed by atoms with E-state index in [1.165, 1.54) is 11.3 Å². The Hall–Kier alpha value is -2.15. The Kier molecular flexibility index (Phi) is 5.04. The van der Waals surface area contributed by atoms with Gasteiger partial charge in [-0.3, -0.25) is 4.79 Å². The van der Waals surface area contributed by atoms with Crippen LogP contribution >= 0.6 is 22.9 Å². The van der Waals surface area contributed by atoms with E-state index >= 15 is 0 Å². The Balaban J connectivity index is 1.49. The molecule has 27 heavy (non-hydrogen) atoms. The fourth-order valence-electron chi connectivity index (χ4n) is 3.36. The molecule has 5 nitrogen and oxygen atoms in total. The predicted octanol–water partition coefficient (Wildman–Crippen LogP) is 4.82. The number of rotatable bonds is 3.